The van der Waals surface area contributed by atoms with E-state index in [1.54, 1.807) is 6.20 Å². The molecule has 1 aromatic heterocycles. The Bertz CT molecular complexity index is 453. The van der Waals surface area contributed by atoms with Crippen LogP contribution in [0.3, 0.4) is 0 Å². The minimum Gasteiger partial charge on any atom is -0.298 e. The van der Waals surface area contributed by atoms with Crippen molar-refractivity contribution in [2.75, 3.05) is 13.1 Å². The number of hydrogen-bond donors (Lipinski definition) is 0. The second-order valence-electron chi connectivity index (χ2n) is 5.29. The quantitative estimate of drug-likeness (QED) is 0.752. The molecule has 0 N–H and O–H groups in total. The van der Waals surface area contributed by atoms with Gasteiger partial charge in [-0.1, -0.05) is 6.07 Å². The normalized spacial score (nSPS) is 11.0. The molecule has 0 unspecified atom stereocenters. The zero-order valence-corrected chi connectivity index (χ0v) is 11.6. The number of rotatable bonds is 7. The SMILES string of the molecule is CC(C)(C#N)CCN(CCC#N)Cc1cccnc1. The summed E-state index contributed by atoms with van der Waals surface area (Å²) in [7, 11) is 0. The predicted octanol–water partition coefficient (Wildman–Crippen LogP) is 2.74. The molecule has 0 saturated heterocycles. The third-order valence-corrected chi connectivity index (χ3v) is 3.02. The lowest BCUT2D eigenvalue weighted by atomic mass is 9.91. The molecule has 0 aliphatic carbocycles. The van der Waals surface area contributed by atoms with Crippen LogP contribution in [0.15, 0.2) is 24.5 Å². The highest BCUT2D eigenvalue weighted by Crippen LogP contribution is 2.19. The molecule has 0 saturated carbocycles. The van der Waals surface area contributed by atoms with Crippen molar-refractivity contribution in [3.8, 4) is 12.1 Å². The Hall–Kier alpha value is -1.91. The van der Waals surface area contributed by atoms with Crippen LogP contribution in [0.1, 0.15) is 32.3 Å². The van der Waals surface area contributed by atoms with E-state index in [0.717, 1.165) is 31.6 Å². The van der Waals surface area contributed by atoms with Gasteiger partial charge in [-0.2, -0.15) is 10.5 Å². The van der Waals surface area contributed by atoms with Crippen molar-refractivity contribution in [1.29, 1.82) is 10.5 Å². The van der Waals surface area contributed by atoms with Crippen LogP contribution >= 0.6 is 0 Å². The topological polar surface area (TPSA) is 63.7 Å². The van der Waals surface area contributed by atoms with Gasteiger partial charge in [0.15, 0.2) is 0 Å². The molecule has 0 bridgehead atoms. The third kappa shape index (κ3) is 5.99. The maximum atomic E-state index is 9.04. The highest BCUT2D eigenvalue weighted by molar-refractivity contribution is 5.08. The van der Waals surface area contributed by atoms with Crippen LogP contribution in [-0.4, -0.2) is 23.0 Å². The predicted molar refractivity (Wildman–Crippen MR) is 73.8 cm³/mol. The lowest BCUT2D eigenvalue weighted by Crippen LogP contribution is -2.28. The lowest BCUT2D eigenvalue weighted by molar-refractivity contribution is 0.239. The molecular weight excluding hydrogens is 236 g/mol. The van der Waals surface area contributed by atoms with Gasteiger partial charge in [-0.3, -0.25) is 9.88 Å². The van der Waals surface area contributed by atoms with Crippen LogP contribution in [0.4, 0.5) is 0 Å². The van der Waals surface area contributed by atoms with E-state index in [4.69, 9.17) is 10.5 Å². The molecule has 0 aromatic carbocycles. The van der Waals surface area contributed by atoms with Crippen LogP contribution in [0.2, 0.25) is 0 Å². The Morgan fingerprint density at radius 2 is 2.11 bits per heavy atom. The summed E-state index contributed by atoms with van der Waals surface area (Å²) in [6.45, 7) is 6.21. The average Bonchev–Trinajstić information content (AvgIpc) is 2.43. The van der Waals surface area contributed by atoms with Gasteiger partial charge in [0.25, 0.3) is 0 Å². The van der Waals surface area contributed by atoms with E-state index in [-0.39, 0.29) is 5.41 Å². The summed E-state index contributed by atoms with van der Waals surface area (Å²) in [6, 6.07) is 8.43. The molecule has 0 fully saturated rings. The molecule has 0 radical (unpaired) electrons. The number of aromatic nitrogens is 1. The maximum absolute atomic E-state index is 9.04. The van der Waals surface area contributed by atoms with Crippen molar-refractivity contribution in [2.45, 2.75) is 33.2 Å². The molecule has 0 atom stereocenters. The van der Waals surface area contributed by atoms with E-state index < -0.39 is 0 Å². The molecule has 0 spiro atoms. The summed E-state index contributed by atoms with van der Waals surface area (Å²) in [6.07, 6.45) is 4.90. The van der Waals surface area contributed by atoms with Crippen molar-refractivity contribution in [2.24, 2.45) is 5.41 Å². The molecule has 100 valence electrons. The van der Waals surface area contributed by atoms with Crippen molar-refractivity contribution in [1.82, 2.24) is 9.88 Å². The highest BCUT2D eigenvalue weighted by Gasteiger charge is 2.18. The van der Waals surface area contributed by atoms with E-state index in [0.29, 0.717) is 6.42 Å². The van der Waals surface area contributed by atoms with Gasteiger partial charge in [0.2, 0.25) is 0 Å². The summed E-state index contributed by atoms with van der Waals surface area (Å²) in [5, 5.41) is 17.8. The largest absolute Gasteiger partial charge is 0.298 e. The van der Waals surface area contributed by atoms with Crippen LogP contribution in [0, 0.1) is 28.1 Å². The van der Waals surface area contributed by atoms with Gasteiger partial charge in [0.1, 0.15) is 0 Å². The fraction of sp³-hybridized carbons (Fsp3) is 0.533. The average molecular weight is 256 g/mol. The van der Waals surface area contributed by atoms with Gasteiger partial charge in [0.05, 0.1) is 17.6 Å². The van der Waals surface area contributed by atoms with Crippen molar-refractivity contribution in [3.05, 3.63) is 30.1 Å². The van der Waals surface area contributed by atoms with Gasteiger partial charge < -0.3 is 0 Å². The molecule has 19 heavy (non-hydrogen) atoms. The fourth-order valence-electron chi connectivity index (χ4n) is 1.72. The molecular formula is C15H20N4. The number of hydrogen-bond acceptors (Lipinski definition) is 4. The van der Waals surface area contributed by atoms with Crippen LogP contribution in [0.5, 0.6) is 0 Å². The first kappa shape index (κ1) is 15.1. The number of pyridine rings is 1. The summed E-state index contributed by atoms with van der Waals surface area (Å²) in [5.74, 6) is 0. The maximum Gasteiger partial charge on any atom is 0.0684 e. The zero-order chi connectivity index (χ0) is 14.1. The van der Waals surface area contributed by atoms with E-state index in [9.17, 15) is 0 Å². The first-order chi connectivity index (χ1) is 9.07. The molecule has 0 amide bonds. The summed E-state index contributed by atoms with van der Waals surface area (Å²) >= 11 is 0. The van der Waals surface area contributed by atoms with E-state index >= 15 is 0 Å². The smallest absolute Gasteiger partial charge is 0.0684 e. The van der Waals surface area contributed by atoms with Crippen molar-refractivity contribution >= 4 is 0 Å². The van der Waals surface area contributed by atoms with Gasteiger partial charge in [-0.25, -0.2) is 0 Å². The van der Waals surface area contributed by atoms with E-state index in [2.05, 4.69) is 22.0 Å². The van der Waals surface area contributed by atoms with Crippen LogP contribution < -0.4 is 0 Å². The summed E-state index contributed by atoms with van der Waals surface area (Å²) in [5.41, 5.74) is 0.815. The Labute approximate surface area is 115 Å². The first-order valence-electron chi connectivity index (χ1n) is 6.47. The lowest BCUT2D eigenvalue weighted by Gasteiger charge is -2.24. The van der Waals surface area contributed by atoms with Gasteiger partial charge in [-0.05, 0) is 31.9 Å². The van der Waals surface area contributed by atoms with Crippen LogP contribution in [0.25, 0.3) is 0 Å². The first-order valence-corrected chi connectivity index (χ1v) is 6.47. The van der Waals surface area contributed by atoms with Gasteiger partial charge >= 0.3 is 0 Å². The van der Waals surface area contributed by atoms with Crippen molar-refractivity contribution in [3.63, 3.8) is 0 Å². The Morgan fingerprint density at radius 1 is 1.32 bits per heavy atom. The zero-order valence-electron chi connectivity index (χ0n) is 11.6. The van der Waals surface area contributed by atoms with Crippen molar-refractivity contribution < 1.29 is 0 Å². The second-order valence-corrected chi connectivity index (χ2v) is 5.29. The standard InChI is InChI=1S/C15H20N4/c1-15(2,13-17)6-10-19(9-4-7-16)12-14-5-3-8-18-11-14/h3,5,8,11H,4,6,9-10,12H2,1-2H3. The molecule has 0 aliphatic heterocycles. The Balaban J connectivity index is 2.58. The minimum absolute atomic E-state index is 0.320. The van der Waals surface area contributed by atoms with Gasteiger partial charge in [0, 0.05) is 38.4 Å². The fourth-order valence-corrected chi connectivity index (χ4v) is 1.72. The van der Waals surface area contributed by atoms with E-state index in [1.165, 1.54) is 0 Å². The minimum atomic E-state index is -0.320. The Morgan fingerprint density at radius 3 is 2.68 bits per heavy atom. The number of nitrogens with zero attached hydrogens (tertiary/aromatic N) is 4. The van der Waals surface area contributed by atoms with Gasteiger partial charge in [-0.15, -0.1) is 0 Å². The van der Waals surface area contributed by atoms with E-state index in [1.807, 2.05) is 32.2 Å². The monoisotopic (exact) mass is 256 g/mol. The Kier molecular flexibility index (Phi) is 5.99. The summed E-state index contributed by atoms with van der Waals surface area (Å²) in [4.78, 5) is 6.31. The molecule has 1 rings (SSSR count). The molecule has 4 nitrogen and oxygen atoms in total. The molecule has 1 heterocycles. The number of nitriles is 2. The second kappa shape index (κ2) is 7.51. The molecule has 4 heteroatoms. The third-order valence-electron chi connectivity index (χ3n) is 3.02. The highest BCUT2D eigenvalue weighted by atomic mass is 15.1. The molecule has 0 aliphatic rings. The van der Waals surface area contributed by atoms with Crippen LogP contribution in [-0.2, 0) is 6.54 Å². The molecule has 1 aromatic rings. The summed E-state index contributed by atoms with van der Waals surface area (Å²) < 4.78 is 0.